The standard InChI is InChI=1S/C15H17BrN2O2/c1-11(12-2-4-13(16)5-3-12)18-14(19)15(10-17)6-8-20-9-7-15/h2-5,11H,6-9H2,1H3,(H,18,19). The summed E-state index contributed by atoms with van der Waals surface area (Å²) in [6, 6.07) is 9.85. The van der Waals surface area contributed by atoms with Crippen LogP contribution >= 0.6 is 15.9 Å². The fourth-order valence-corrected chi connectivity index (χ4v) is 2.54. The highest BCUT2D eigenvalue weighted by Crippen LogP contribution is 2.31. The van der Waals surface area contributed by atoms with Gasteiger partial charge in [0.05, 0.1) is 12.1 Å². The van der Waals surface area contributed by atoms with Gasteiger partial charge in [-0.3, -0.25) is 4.79 Å². The Morgan fingerprint density at radius 2 is 2.00 bits per heavy atom. The van der Waals surface area contributed by atoms with Crippen LogP contribution in [0, 0.1) is 16.7 Å². The van der Waals surface area contributed by atoms with Crippen LogP contribution in [0.5, 0.6) is 0 Å². The molecule has 1 fully saturated rings. The summed E-state index contributed by atoms with van der Waals surface area (Å²) in [5.74, 6) is -0.196. The number of nitrogens with zero attached hydrogens (tertiary/aromatic N) is 1. The molecule has 0 bridgehead atoms. The molecule has 0 radical (unpaired) electrons. The molecule has 5 heteroatoms. The Morgan fingerprint density at radius 1 is 1.40 bits per heavy atom. The van der Waals surface area contributed by atoms with E-state index < -0.39 is 5.41 Å². The Bertz CT molecular complexity index is 516. The molecule has 1 heterocycles. The largest absolute Gasteiger partial charge is 0.381 e. The van der Waals surface area contributed by atoms with E-state index in [1.54, 1.807) is 0 Å². The molecular weight excluding hydrogens is 320 g/mol. The maximum atomic E-state index is 12.4. The monoisotopic (exact) mass is 336 g/mol. The number of rotatable bonds is 3. The number of carbonyl (C=O) groups excluding carboxylic acids is 1. The van der Waals surface area contributed by atoms with Gasteiger partial charge in [-0.2, -0.15) is 5.26 Å². The van der Waals surface area contributed by atoms with Gasteiger partial charge in [-0.25, -0.2) is 0 Å². The van der Waals surface area contributed by atoms with Gasteiger partial charge in [0.15, 0.2) is 0 Å². The maximum absolute atomic E-state index is 12.4. The molecule has 0 aromatic heterocycles. The van der Waals surface area contributed by atoms with Crippen molar-refractivity contribution < 1.29 is 9.53 Å². The van der Waals surface area contributed by atoms with E-state index in [1.165, 1.54) is 0 Å². The lowest BCUT2D eigenvalue weighted by Gasteiger charge is -2.30. The van der Waals surface area contributed by atoms with Crippen molar-refractivity contribution in [3.05, 3.63) is 34.3 Å². The maximum Gasteiger partial charge on any atom is 0.241 e. The van der Waals surface area contributed by atoms with Crippen LogP contribution in [0.15, 0.2) is 28.7 Å². The zero-order valence-electron chi connectivity index (χ0n) is 11.4. The van der Waals surface area contributed by atoms with E-state index in [2.05, 4.69) is 27.3 Å². The predicted molar refractivity (Wildman–Crippen MR) is 78.8 cm³/mol. The number of hydrogen-bond acceptors (Lipinski definition) is 3. The molecule has 1 unspecified atom stereocenters. The third-order valence-electron chi connectivity index (χ3n) is 3.71. The third kappa shape index (κ3) is 3.20. The van der Waals surface area contributed by atoms with Gasteiger partial charge in [0.2, 0.25) is 5.91 Å². The van der Waals surface area contributed by atoms with Gasteiger partial charge in [-0.1, -0.05) is 28.1 Å². The van der Waals surface area contributed by atoms with Crippen LogP contribution in [0.4, 0.5) is 0 Å². The molecule has 1 aliphatic rings. The number of benzene rings is 1. The smallest absolute Gasteiger partial charge is 0.241 e. The van der Waals surface area contributed by atoms with Crippen molar-refractivity contribution in [1.29, 1.82) is 5.26 Å². The van der Waals surface area contributed by atoms with Gasteiger partial charge in [0, 0.05) is 17.7 Å². The minimum absolute atomic E-state index is 0.122. The predicted octanol–water partition coefficient (Wildman–Crippen LogP) is 2.95. The van der Waals surface area contributed by atoms with Crippen LogP contribution in [0.1, 0.15) is 31.4 Å². The van der Waals surface area contributed by atoms with Crippen molar-refractivity contribution in [2.24, 2.45) is 5.41 Å². The van der Waals surface area contributed by atoms with Crippen LogP contribution < -0.4 is 5.32 Å². The zero-order valence-corrected chi connectivity index (χ0v) is 12.9. The number of carbonyl (C=O) groups is 1. The highest BCUT2D eigenvalue weighted by atomic mass is 79.9. The molecule has 1 N–H and O–H groups in total. The Hall–Kier alpha value is -1.38. The van der Waals surface area contributed by atoms with E-state index in [1.807, 2.05) is 31.2 Å². The molecule has 0 spiro atoms. The van der Waals surface area contributed by atoms with Crippen molar-refractivity contribution in [3.63, 3.8) is 0 Å². The molecular formula is C15H17BrN2O2. The fourth-order valence-electron chi connectivity index (χ4n) is 2.28. The first-order chi connectivity index (χ1) is 9.57. The molecule has 20 heavy (non-hydrogen) atoms. The lowest BCUT2D eigenvalue weighted by Crippen LogP contribution is -2.44. The van der Waals surface area contributed by atoms with E-state index in [-0.39, 0.29) is 11.9 Å². The number of ether oxygens (including phenoxy) is 1. The number of nitrogens with one attached hydrogen (secondary N) is 1. The minimum Gasteiger partial charge on any atom is -0.381 e. The van der Waals surface area contributed by atoms with E-state index in [0.29, 0.717) is 26.1 Å². The highest BCUT2D eigenvalue weighted by Gasteiger charge is 2.40. The Balaban J connectivity index is 2.06. The second-order valence-corrected chi connectivity index (χ2v) is 5.97. The molecule has 2 rings (SSSR count). The van der Waals surface area contributed by atoms with Crippen molar-refractivity contribution >= 4 is 21.8 Å². The van der Waals surface area contributed by atoms with E-state index in [4.69, 9.17) is 4.74 Å². The number of nitriles is 1. The summed E-state index contributed by atoms with van der Waals surface area (Å²) in [4.78, 5) is 12.4. The summed E-state index contributed by atoms with van der Waals surface area (Å²) in [7, 11) is 0. The van der Waals surface area contributed by atoms with Crippen molar-refractivity contribution in [1.82, 2.24) is 5.32 Å². The molecule has 1 atom stereocenters. The Labute approximate surface area is 127 Å². The molecule has 0 saturated carbocycles. The van der Waals surface area contributed by atoms with E-state index in [0.717, 1.165) is 10.0 Å². The SMILES string of the molecule is CC(NC(=O)C1(C#N)CCOCC1)c1ccc(Br)cc1. The molecule has 106 valence electrons. The van der Waals surface area contributed by atoms with Gasteiger partial charge < -0.3 is 10.1 Å². The number of halogens is 1. The lowest BCUT2D eigenvalue weighted by molar-refractivity contribution is -0.133. The third-order valence-corrected chi connectivity index (χ3v) is 4.24. The van der Waals surface area contributed by atoms with Gasteiger partial charge in [0.25, 0.3) is 0 Å². The molecule has 1 aliphatic heterocycles. The second kappa shape index (κ2) is 6.38. The molecule has 1 amide bonds. The average molecular weight is 337 g/mol. The zero-order chi connectivity index (χ0) is 14.6. The lowest BCUT2D eigenvalue weighted by atomic mass is 9.80. The first-order valence-electron chi connectivity index (χ1n) is 6.63. The summed E-state index contributed by atoms with van der Waals surface area (Å²) in [6.45, 7) is 2.85. The van der Waals surface area contributed by atoms with Crippen LogP contribution in [-0.2, 0) is 9.53 Å². The number of amides is 1. The minimum atomic E-state index is -0.943. The molecule has 1 aromatic carbocycles. The topological polar surface area (TPSA) is 62.1 Å². The Kier molecular flexibility index (Phi) is 4.79. The molecule has 1 aromatic rings. The van der Waals surface area contributed by atoms with Crippen LogP contribution in [0.25, 0.3) is 0 Å². The van der Waals surface area contributed by atoms with E-state index in [9.17, 15) is 10.1 Å². The van der Waals surface area contributed by atoms with Gasteiger partial charge in [0.1, 0.15) is 5.41 Å². The summed E-state index contributed by atoms with van der Waals surface area (Å²) in [6.07, 6.45) is 0.921. The van der Waals surface area contributed by atoms with Crippen molar-refractivity contribution in [3.8, 4) is 6.07 Å². The van der Waals surface area contributed by atoms with E-state index >= 15 is 0 Å². The van der Waals surface area contributed by atoms with Crippen molar-refractivity contribution in [2.75, 3.05) is 13.2 Å². The van der Waals surface area contributed by atoms with Gasteiger partial charge >= 0.3 is 0 Å². The normalized spacial score (nSPS) is 18.9. The first-order valence-corrected chi connectivity index (χ1v) is 7.42. The molecule has 1 saturated heterocycles. The van der Waals surface area contributed by atoms with Gasteiger partial charge in [-0.05, 0) is 37.5 Å². The molecule has 0 aliphatic carbocycles. The average Bonchev–Trinajstić information content (AvgIpc) is 2.48. The summed E-state index contributed by atoms with van der Waals surface area (Å²) >= 11 is 3.38. The number of hydrogen-bond donors (Lipinski definition) is 1. The van der Waals surface area contributed by atoms with Crippen LogP contribution in [0.2, 0.25) is 0 Å². The second-order valence-electron chi connectivity index (χ2n) is 5.05. The molecule has 4 nitrogen and oxygen atoms in total. The first kappa shape index (κ1) is 15.0. The fraction of sp³-hybridized carbons (Fsp3) is 0.467. The summed E-state index contributed by atoms with van der Waals surface area (Å²) < 4.78 is 6.24. The van der Waals surface area contributed by atoms with Gasteiger partial charge in [-0.15, -0.1) is 0 Å². The van der Waals surface area contributed by atoms with Crippen LogP contribution in [0.3, 0.4) is 0 Å². The summed E-state index contributed by atoms with van der Waals surface area (Å²) in [5, 5.41) is 12.3. The van der Waals surface area contributed by atoms with Crippen LogP contribution in [-0.4, -0.2) is 19.1 Å². The van der Waals surface area contributed by atoms with Crippen molar-refractivity contribution in [2.45, 2.75) is 25.8 Å². The highest BCUT2D eigenvalue weighted by molar-refractivity contribution is 9.10. The quantitative estimate of drug-likeness (QED) is 0.922. The summed E-state index contributed by atoms with van der Waals surface area (Å²) in [5.41, 5.74) is 0.0729. The Morgan fingerprint density at radius 3 is 2.55 bits per heavy atom.